The lowest BCUT2D eigenvalue weighted by Crippen LogP contribution is -2.14. The van der Waals surface area contributed by atoms with Crippen molar-refractivity contribution in [3.05, 3.63) is 0 Å². The monoisotopic (exact) mass is 618 g/mol. The maximum absolute atomic E-state index is 5.64. The van der Waals surface area contributed by atoms with Gasteiger partial charge in [-0.2, -0.15) is 0 Å². The van der Waals surface area contributed by atoms with Gasteiger partial charge in [-0.15, -0.1) is 0 Å². The molecule has 7 nitrogen and oxygen atoms in total. The molecule has 0 aliphatic carbocycles. The molecule has 0 aliphatic heterocycles. The molecule has 0 aromatic rings. The molecule has 0 atom stereocenters. The van der Waals surface area contributed by atoms with Gasteiger partial charge in [-0.05, 0) is 6.42 Å². The van der Waals surface area contributed by atoms with E-state index in [1.165, 1.54) is 64.2 Å². The van der Waals surface area contributed by atoms with Gasteiger partial charge < -0.3 is 33.2 Å². The zero-order chi connectivity index (χ0) is 25.3. The predicted octanol–water partition coefficient (Wildman–Crippen LogP) is 5.85. The standard InChI is InChI=1S/C27H55IO7/c1-2-3-4-5-6-7-8-9-10-11-12-14-29-16-18-31-20-22-33-24-26-35-27-25-34-23-21-32-19-17-30-15-13-28/h2-27H2,1H3. The SMILES string of the molecule is CCCCCCCCCCCCCOCCOCCOCCOCCOCCOCCOCCI. The molecule has 0 amide bonds. The van der Waals surface area contributed by atoms with Crippen molar-refractivity contribution in [1.82, 2.24) is 0 Å². The summed E-state index contributed by atoms with van der Waals surface area (Å²) >= 11 is 2.29. The van der Waals surface area contributed by atoms with Gasteiger partial charge in [-0.3, -0.25) is 0 Å². The molecule has 0 radical (unpaired) electrons. The Kier molecular flexibility index (Phi) is 34.9. The fraction of sp³-hybridized carbons (Fsp3) is 1.00. The van der Waals surface area contributed by atoms with E-state index in [1.54, 1.807) is 0 Å². The summed E-state index contributed by atoms with van der Waals surface area (Å²) in [5, 5.41) is 0. The van der Waals surface area contributed by atoms with E-state index in [4.69, 9.17) is 33.2 Å². The fourth-order valence-corrected chi connectivity index (χ4v) is 3.66. The quantitative estimate of drug-likeness (QED) is 0.0533. The summed E-state index contributed by atoms with van der Waals surface area (Å²) in [5.74, 6) is 0. The molecule has 0 bridgehead atoms. The van der Waals surface area contributed by atoms with Crippen LogP contribution in [0.15, 0.2) is 0 Å². The molecule has 0 saturated heterocycles. The van der Waals surface area contributed by atoms with Gasteiger partial charge in [0.15, 0.2) is 0 Å². The summed E-state index contributed by atoms with van der Waals surface area (Å²) < 4.78 is 39.3. The third kappa shape index (κ3) is 34.4. The Morgan fingerprint density at radius 1 is 0.314 bits per heavy atom. The molecule has 0 rings (SSSR count). The third-order valence-electron chi connectivity index (χ3n) is 5.35. The Hall–Kier alpha value is 0.450. The second-order valence-corrected chi connectivity index (χ2v) is 9.59. The normalized spacial score (nSPS) is 11.5. The zero-order valence-electron chi connectivity index (χ0n) is 22.6. The van der Waals surface area contributed by atoms with E-state index >= 15 is 0 Å². The summed E-state index contributed by atoms with van der Waals surface area (Å²) in [7, 11) is 0. The maximum atomic E-state index is 5.64. The molecule has 35 heavy (non-hydrogen) atoms. The predicted molar refractivity (Wildman–Crippen MR) is 151 cm³/mol. The van der Waals surface area contributed by atoms with E-state index in [2.05, 4.69) is 29.5 Å². The number of rotatable bonds is 32. The van der Waals surface area contributed by atoms with Crippen LogP contribution in [0.5, 0.6) is 0 Å². The molecule has 0 aliphatic rings. The summed E-state index contributed by atoms with van der Waals surface area (Å²) in [6.07, 6.45) is 15.0. The summed E-state index contributed by atoms with van der Waals surface area (Å²) in [4.78, 5) is 0. The Morgan fingerprint density at radius 2 is 0.571 bits per heavy atom. The van der Waals surface area contributed by atoms with Gasteiger partial charge in [0, 0.05) is 11.0 Å². The molecule has 0 unspecified atom stereocenters. The first-order chi connectivity index (χ1) is 17.4. The van der Waals surface area contributed by atoms with Crippen molar-refractivity contribution in [2.45, 2.75) is 77.6 Å². The van der Waals surface area contributed by atoms with Gasteiger partial charge in [0.2, 0.25) is 0 Å². The van der Waals surface area contributed by atoms with E-state index in [9.17, 15) is 0 Å². The van der Waals surface area contributed by atoms with Crippen molar-refractivity contribution in [3.8, 4) is 0 Å². The van der Waals surface area contributed by atoms with Gasteiger partial charge in [0.25, 0.3) is 0 Å². The van der Waals surface area contributed by atoms with Crippen LogP contribution in [0, 0.1) is 0 Å². The van der Waals surface area contributed by atoms with Crippen molar-refractivity contribution < 1.29 is 33.2 Å². The van der Waals surface area contributed by atoms with E-state index < -0.39 is 0 Å². The average molecular weight is 619 g/mol. The minimum atomic E-state index is 0.565. The van der Waals surface area contributed by atoms with Gasteiger partial charge in [-0.1, -0.05) is 93.7 Å². The molecule has 0 aromatic heterocycles. The molecular formula is C27H55IO7. The number of halogens is 1. The Bertz CT molecular complexity index is 332. The van der Waals surface area contributed by atoms with Crippen molar-refractivity contribution in [2.75, 3.05) is 96.9 Å². The topological polar surface area (TPSA) is 64.6 Å². The molecule has 212 valence electrons. The summed E-state index contributed by atoms with van der Waals surface area (Å²) in [6, 6.07) is 0. The van der Waals surface area contributed by atoms with Gasteiger partial charge >= 0.3 is 0 Å². The molecule has 0 spiro atoms. The number of hydrogen-bond donors (Lipinski definition) is 0. The first-order valence-electron chi connectivity index (χ1n) is 14.0. The van der Waals surface area contributed by atoms with E-state index in [1.807, 2.05) is 0 Å². The molecule has 0 aromatic carbocycles. The fourth-order valence-electron chi connectivity index (χ4n) is 3.34. The molecule has 0 N–H and O–H groups in total. The second-order valence-electron chi connectivity index (χ2n) is 8.51. The van der Waals surface area contributed by atoms with Gasteiger partial charge in [0.1, 0.15) is 0 Å². The van der Waals surface area contributed by atoms with Crippen LogP contribution in [-0.2, 0) is 33.2 Å². The second kappa shape index (κ2) is 34.5. The first kappa shape index (κ1) is 35.5. The highest BCUT2D eigenvalue weighted by Gasteiger charge is 1.96. The maximum Gasteiger partial charge on any atom is 0.0701 e. The number of hydrogen-bond acceptors (Lipinski definition) is 7. The number of alkyl halides is 1. The summed E-state index contributed by atoms with van der Waals surface area (Å²) in [5.41, 5.74) is 0. The lowest BCUT2D eigenvalue weighted by Gasteiger charge is -2.08. The average Bonchev–Trinajstić information content (AvgIpc) is 2.87. The number of unbranched alkanes of at least 4 members (excludes halogenated alkanes) is 10. The van der Waals surface area contributed by atoms with Crippen molar-refractivity contribution >= 4 is 22.6 Å². The van der Waals surface area contributed by atoms with E-state index in [0.717, 1.165) is 24.1 Å². The van der Waals surface area contributed by atoms with Crippen molar-refractivity contribution in [2.24, 2.45) is 0 Å². The van der Waals surface area contributed by atoms with Crippen molar-refractivity contribution in [1.29, 1.82) is 0 Å². The highest BCUT2D eigenvalue weighted by atomic mass is 127. The molecule has 0 saturated carbocycles. The van der Waals surface area contributed by atoms with Crippen LogP contribution in [0.1, 0.15) is 77.6 Å². The highest BCUT2D eigenvalue weighted by molar-refractivity contribution is 14.1. The van der Waals surface area contributed by atoms with Gasteiger partial charge in [0.05, 0.1) is 85.9 Å². The smallest absolute Gasteiger partial charge is 0.0701 e. The van der Waals surface area contributed by atoms with E-state index in [-0.39, 0.29) is 0 Å². The molecule has 0 heterocycles. The Balaban J connectivity index is 3.00. The lowest BCUT2D eigenvalue weighted by atomic mass is 10.1. The Labute approximate surface area is 229 Å². The van der Waals surface area contributed by atoms with Crippen LogP contribution < -0.4 is 0 Å². The van der Waals surface area contributed by atoms with Crippen LogP contribution in [-0.4, -0.2) is 96.9 Å². The first-order valence-corrected chi connectivity index (χ1v) is 15.5. The minimum absolute atomic E-state index is 0.565. The van der Waals surface area contributed by atoms with Crippen LogP contribution in [0.3, 0.4) is 0 Å². The highest BCUT2D eigenvalue weighted by Crippen LogP contribution is 2.11. The third-order valence-corrected chi connectivity index (χ3v) is 5.79. The van der Waals surface area contributed by atoms with Crippen LogP contribution in [0.25, 0.3) is 0 Å². The van der Waals surface area contributed by atoms with Gasteiger partial charge in [-0.25, -0.2) is 0 Å². The van der Waals surface area contributed by atoms with Crippen LogP contribution in [0.4, 0.5) is 0 Å². The van der Waals surface area contributed by atoms with Crippen LogP contribution >= 0.6 is 22.6 Å². The zero-order valence-corrected chi connectivity index (χ0v) is 24.8. The molecular weight excluding hydrogens is 563 g/mol. The Morgan fingerprint density at radius 3 is 0.886 bits per heavy atom. The number of ether oxygens (including phenoxy) is 7. The molecule has 8 heteroatoms. The summed E-state index contributed by atoms with van der Waals surface area (Å²) in [6.45, 7) is 11.1. The van der Waals surface area contributed by atoms with E-state index in [0.29, 0.717) is 79.3 Å². The minimum Gasteiger partial charge on any atom is -0.379 e. The molecule has 0 fully saturated rings. The van der Waals surface area contributed by atoms with Crippen molar-refractivity contribution in [3.63, 3.8) is 0 Å². The largest absolute Gasteiger partial charge is 0.379 e. The lowest BCUT2D eigenvalue weighted by molar-refractivity contribution is -0.0201. The van der Waals surface area contributed by atoms with Crippen LogP contribution in [0.2, 0.25) is 0 Å².